The number of amides is 2. The Hall–Kier alpha value is -2.06. The van der Waals surface area contributed by atoms with Crippen LogP contribution in [0.4, 0.5) is 4.79 Å². The monoisotopic (exact) mass is 348 g/mol. The summed E-state index contributed by atoms with van der Waals surface area (Å²) in [6.45, 7) is 6.45. The van der Waals surface area contributed by atoms with E-state index in [0.717, 1.165) is 0 Å². The molecule has 1 aliphatic rings. The minimum Gasteiger partial charge on any atom is -0.444 e. The largest absolute Gasteiger partial charge is 0.488 e. The number of nitrogens with zero attached hydrogens (tertiary/aromatic N) is 2. The lowest BCUT2D eigenvalue weighted by molar-refractivity contribution is 0.0226. The highest BCUT2D eigenvalue weighted by Gasteiger charge is 2.33. The van der Waals surface area contributed by atoms with Gasteiger partial charge in [0.15, 0.2) is 0 Å². The number of likely N-dealkylation sites (N-methyl/N-ethyl adjacent to an activating group) is 1. The fraction of sp³-hybridized carbons (Fsp3) is 0.529. The summed E-state index contributed by atoms with van der Waals surface area (Å²) in [5, 5.41) is 18.2. The number of carbonyl (C=O) groups excluding carboxylic acids is 2. The van der Waals surface area contributed by atoms with E-state index in [-0.39, 0.29) is 11.9 Å². The molecule has 0 aliphatic carbocycles. The first-order chi connectivity index (χ1) is 11.6. The fourth-order valence-corrected chi connectivity index (χ4v) is 2.71. The molecule has 1 aromatic carbocycles. The molecular weight excluding hydrogens is 323 g/mol. The molecule has 2 rings (SSSR count). The highest BCUT2D eigenvalue weighted by atomic mass is 16.6. The van der Waals surface area contributed by atoms with Gasteiger partial charge in [0.2, 0.25) is 0 Å². The van der Waals surface area contributed by atoms with Crippen molar-refractivity contribution in [3.05, 3.63) is 29.8 Å². The second kappa shape index (κ2) is 7.45. The number of hydrogen-bond acceptors (Lipinski definition) is 5. The van der Waals surface area contributed by atoms with Crippen molar-refractivity contribution in [1.82, 2.24) is 9.80 Å². The van der Waals surface area contributed by atoms with E-state index in [1.54, 1.807) is 29.0 Å². The van der Waals surface area contributed by atoms with Crippen molar-refractivity contribution in [1.29, 1.82) is 0 Å². The maximum Gasteiger partial charge on any atom is 0.488 e. The van der Waals surface area contributed by atoms with E-state index in [1.807, 2.05) is 20.8 Å². The molecule has 1 fully saturated rings. The Labute approximate surface area is 148 Å². The van der Waals surface area contributed by atoms with Gasteiger partial charge in [-0.2, -0.15) is 0 Å². The summed E-state index contributed by atoms with van der Waals surface area (Å²) in [6, 6.07) is 6.08. The van der Waals surface area contributed by atoms with Crippen LogP contribution >= 0.6 is 0 Å². The molecule has 0 saturated carbocycles. The van der Waals surface area contributed by atoms with Gasteiger partial charge >= 0.3 is 13.2 Å². The molecule has 0 radical (unpaired) electrons. The van der Waals surface area contributed by atoms with Crippen LogP contribution in [-0.4, -0.2) is 70.7 Å². The maximum absolute atomic E-state index is 12.6. The average molecular weight is 348 g/mol. The number of rotatable bonds is 3. The lowest BCUT2D eigenvalue weighted by atomic mass is 9.80. The smallest absolute Gasteiger partial charge is 0.444 e. The molecule has 7 nitrogen and oxygen atoms in total. The average Bonchev–Trinajstić information content (AvgIpc) is 3.01. The van der Waals surface area contributed by atoms with Crippen LogP contribution in [0.15, 0.2) is 24.3 Å². The van der Waals surface area contributed by atoms with Gasteiger partial charge < -0.3 is 24.6 Å². The Morgan fingerprint density at radius 2 is 1.84 bits per heavy atom. The fourth-order valence-electron chi connectivity index (χ4n) is 2.71. The summed E-state index contributed by atoms with van der Waals surface area (Å²) in [5.74, 6) is -0.140. The van der Waals surface area contributed by atoms with Crippen LogP contribution in [0, 0.1) is 0 Å². The quantitative estimate of drug-likeness (QED) is 0.774. The van der Waals surface area contributed by atoms with E-state index in [1.165, 1.54) is 12.1 Å². The second-order valence-corrected chi connectivity index (χ2v) is 7.28. The van der Waals surface area contributed by atoms with Crippen LogP contribution in [0.25, 0.3) is 0 Å². The molecule has 2 amide bonds. The standard InChI is InChI=1S/C17H25BN2O5/c1-17(2,3)25-16(22)19(4)14-9-10-20(11-14)15(21)12-5-7-13(8-6-12)18(23)24/h5-8,14,23-24H,9-11H2,1-4H3/t14-/m1/s1. The highest BCUT2D eigenvalue weighted by Crippen LogP contribution is 2.19. The number of ether oxygens (including phenoxy) is 1. The van der Waals surface area contributed by atoms with Gasteiger partial charge in [0.1, 0.15) is 5.60 Å². The van der Waals surface area contributed by atoms with Gasteiger partial charge in [-0.1, -0.05) is 12.1 Å². The Kier molecular flexibility index (Phi) is 5.74. The van der Waals surface area contributed by atoms with E-state index >= 15 is 0 Å². The van der Waals surface area contributed by atoms with Gasteiger partial charge in [-0.05, 0) is 44.8 Å². The molecular formula is C17H25BN2O5. The van der Waals surface area contributed by atoms with Crippen LogP contribution in [-0.2, 0) is 4.74 Å². The van der Waals surface area contributed by atoms with Crippen LogP contribution in [0.1, 0.15) is 37.6 Å². The van der Waals surface area contributed by atoms with Gasteiger partial charge in [-0.25, -0.2) is 4.79 Å². The molecule has 2 N–H and O–H groups in total. The minimum atomic E-state index is -1.55. The van der Waals surface area contributed by atoms with Crippen LogP contribution in [0.2, 0.25) is 0 Å². The second-order valence-electron chi connectivity index (χ2n) is 7.28. The van der Waals surface area contributed by atoms with E-state index in [4.69, 9.17) is 14.8 Å². The number of benzene rings is 1. The molecule has 1 atom stereocenters. The van der Waals surface area contributed by atoms with E-state index < -0.39 is 18.8 Å². The predicted molar refractivity (Wildman–Crippen MR) is 94.6 cm³/mol. The van der Waals surface area contributed by atoms with Crippen LogP contribution in [0.5, 0.6) is 0 Å². The van der Waals surface area contributed by atoms with E-state index in [2.05, 4.69) is 0 Å². The van der Waals surface area contributed by atoms with Gasteiger partial charge in [0, 0.05) is 25.7 Å². The van der Waals surface area contributed by atoms with Gasteiger partial charge in [-0.15, -0.1) is 0 Å². The number of likely N-dealkylation sites (tertiary alicyclic amines) is 1. The molecule has 8 heteroatoms. The van der Waals surface area contributed by atoms with Crippen LogP contribution in [0.3, 0.4) is 0 Å². The first-order valence-corrected chi connectivity index (χ1v) is 8.29. The first kappa shape index (κ1) is 19.3. The van der Waals surface area contributed by atoms with Crippen LogP contribution < -0.4 is 5.46 Å². The lowest BCUT2D eigenvalue weighted by Crippen LogP contribution is -2.42. The van der Waals surface area contributed by atoms with E-state index in [0.29, 0.717) is 30.5 Å². The summed E-state index contributed by atoms with van der Waals surface area (Å²) in [5.41, 5.74) is 0.254. The molecule has 1 saturated heterocycles. The van der Waals surface area contributed by atoms with E-state index in [9.17, 15) is 9.59 Å². The molecule has 0 spiro atoms. The van der Waals surface area contributed by atoms with Gasteiger partial charge in [0.05, 0.1) is 6.04 Å². The Balaban J connectivity index is 1.97. The summed E-state index contributed by atoms with van der Waals surface area (Å²) in [6.07, 6.45) is 0.294. The molecule has 0 aromatic heterocycles. The Morgan fingerprint density at radius 3 is 2.36 bits per heavy atom. The molecule has 25 heavy (non-hydrogen) atoms. The van der Waals surface area contributed by atoms with Gasteiger partial charge in [-0.3, -0.25) is 4.79 Å². The van der Waals surface area contributed by atoms with Crippen molar-refractivity contribution in [2.45, 2.75) is 38.8 Å². The van der Waals surface area contributed by atoms with Crippen molar-refractivity contribution < 1.29 is 24.4 Å². The molecule has 0 bridgehead atoms. The third kappa shape index (κ3) is 4.96. The minimum absolute atomic E-state index is 0.0858. The molecule has 0 unspecified atom stereocenters. The number of carbonyl (C=O) groups is 2. The Bertz CT molecular complexity index is 627. The van der Waals surface area contributed by atoms with Gasteiger partial charge in [0.25, 0.3) is 5.91 Å². The zero-order chi connectivity index (χ0) is 18.8. The van der Waals surface area contributed by atoms with Crippen molar-refractivity contribution >= 4 is 24.6 Å². The number of hydrogen-bond donors (Lipinski definition) is 2. The SMILES string of the molecule is CN(C(=O)OC(C)(C)C)[C@@H]1CCN(C(=O)c2ccc(B(O)O)cc2)C1. The Morgan fingerprint density at radius 1 is 1.24 bits per heavy atom. The summed E-state index contributed by atoms with van der Waals surface area (Å²) in [4.78, 5) is 27.9. The maximum atomic E-state index is 12.6. The zero-order valence-corrected chi connectivity index (χ0v) is 15.1. The zero-order valence-electron chi connectivity index (χ0n) is 15.1. The normalized spacial score (nSPS) is 17.4. The summed E-state index contributed by atoms with van der Waals surface area (Å²) in [7, 11) is 0.132. The summed E-state index contributed by atoms with van der Waals surface area (Å²) < 4.78 is 5.36. The molecule has 136 valence electrons. The summed E-state index contributed by atoms with van der Waals surface area (Å²) >= 11 is 0. The highest BCUT2D eigenvalue weighted by molar-refractivity contribution is 6.58. The molecule has 1 aliphatic heterocycles. The third-order valence-electron chi connectivity index (χ3n) is 4.14. The molecule has 1 aromatic rings. The third-order valence-corrected chi connectivity index (χ3v) is 4.14. The first-order valence-electron chi connectivity index (χ1n) is 8.29. The topological polar surface area (TPSA) is 90.3 Å². The lowest BCUT2D eigenvalue weighted by Gasteiger charge is -2.28. The predicted octanol–water partition coefficient (Wildman–Crippen LogP) is 0.448. The van der Waals surface area contributed by atoms with Crippen molar-refractivity contribution in [2.24, 2.45) is 0 Å². The van der Waals surface area contributed by atoms with Crippen molar-refractivity contribution in [3.63, 3.8) is 0 Å². The van der Waals surface area contributed by atoms with Crippen molar-refractivity contribution in [3.8, 4) is 0 Å². The van der Waals surface area contributed by atoms with Crippen molar-refractivity contribution in [2.75, 3.05) is 20.1 Å². The molecule has 1 heterocycles.